The molecule has 7 nitrogen and oxygen atoms in total. The first-order valence-corrected chi connectivity index (χ1v) is 10.8. The number of rotatable bonds is 1. The Labute approximate surface area is 190 Å². The average molecular weight is 443 g/mol. The van der Waals surface area contributed by atoms with Gasteiger partial charge < -0.3 is 14.6 Å². The predicted molar refractivity (Wildman–Crippen MR) is 123 cm³/mol. The molecule has 33 heavy (non-hydrogen) atoms. The van der Waals surface area contributed by atoms with Gasteiger partial charge in [0.1, 0.15) is 23.1 Å². The van der Waals surface area contributed by atoms with Crippen LogP contribution in [0.4, 0.5) is 10.2 Å². The van der Waals surface area contributed by atoms with Crippen LogP contribution in [0.1, 0.15) is 28.9 Å². The van der Waals surface area contributed by atoms with Gasteiger partial charge in [-0.15, -0.1) is 0 Å². The van der Waals surface area contributed by atoms with Crippen LogP contribution in [0, 0.1) is 12.7 Å². The lowest BCUT2D eigenvalue weighted by molar-refractivity contribution is 0.102. The van der Waals surface area contributed by atoms with Crippen LogP contribution in [0.3, 0.4) is 0 Å². The first kappa shape index (κ1) is 20.8. The second-order valence-electron chi connectivity index (χ2n) is 7.88. The van der Waals surface area contributed by atoms with Crippen molar-refractivity contribution in [2.75, 3.05) is 11.9 Å². The summed E-state index contributed by atoms with van der Waals surface area (Å²) in [6.45, 7) is 2.94. The average Bonchev–Trinajstić information content (AvgIpc) is 3.27. The molecule has 166 valence electrons. The van der Waals surface area contributed by atoms with E-state index in [2.05, 4.69) is 20.3 Å². The summed E-state index contributed by atoms with van der Waals surface area (Å²) in [5, 5.41) is 2.82. The van der Waals surface area contributed by atoms with Crippen LogP contribution >= 0.6 is 0 Å². The maximum Gasteiger partial charge on any atom is 0.260 e. The molecule has 2 bridgehead atoms. The maximum atomic E-state index is 15.1. The SMILES string of the molecule is Cc1cc(-c2cc3c(cc2F)OCCCCn2ccnc2-c2cccc(n2)NC3=O)ccn1. The molecule has 0 fully saturated rings. The zero-order chi connectivity index (χ0) is 22.8. The van der Waals surface area contributed by atoms with Gasteiger partial charge in [-0.3, -0.25) is 9.78 Å². The van der Waals surface area contributed by atoms with E-state index in [9.17, 15) is 4.79 Å². The molecule has 0 unspecified atom stereocenters. The number of pyridine rings is 2. The number of aryl methyl sites for hydroxylation is 2. The van der Waals surface area contributed by atoms with Crippen LogP contribution in [0.25, 0.3) is 22.6 Å². The number of imidazole rings is 1. The molecule has 0 saturated carbocycles. The number of amides is 1. The Morgan fingerprint density at radius 2 is 1.97 bits per heavy atom. The molecule has 0 radical (unpaired) electrons. The number of benzene rings is 1. The molecule has 8 heteroatoms. The monoisotopic (exact) mass is 443 g/mol. The number of carbonyl (C=O) groups is 1. The lowest BCUT2D eigenvalue weighted by Gasteiger charge is -2.16. The van der Waals surface area contributed by atoms with E-state index in [0.717, 1.165) is 30.9 Å². The first-order chi connectivity index (χ1) is 16.1. The fourth-order valence-electron chi connectivity index (χ4n) is 3.89. The van der Waals surface area contributed by atoms with Crippen LogP contribution in [0.15, 0.2) is 61.1 Å². The minimum absolute atomic E-state index is 0.205. The highest BCUT2D eigenvalue weighted by atomic mass is 19.1. The van der Waals surface area contributed by atoms with Gasteiger partial charge in [0.05, 0.1) is 12.2 Å². The van der Waals surface area contributed by atoms with Crippen LogP contribution in [-0.4, -0.2) is 32.0 Å². The van der Waals surface area contributed by atoms with Gasteiger partial charge in [-0.25, -0.2) is 14.4 Å². The Hall–Kier alpha value is -4.07. The highest BCUT2D eigenvalue weighted by Gasteiger charge is 2.20. The second kappa shape index (κ2) is 8.82. The van der Waals surface area contributed by atoms with Gasteiger partial charge in [0.25, 0.3) is 5.91 Å². The number of aromatic nitrogens is 4. The normalized spacial score (nSPS) is 13.8. The Morgan fingerprint density at radius 3 is 2.85 bits per heavy atom. The number of ether oxygens (including phenoxy) is 1. The lowest BCUT2D eigenvalue weighted by Crippen LogP contribution is -2.16. The Kier molecular flexibility index (Phi) is 5.56. The number of halogens is 1. The van der Waals surface area contributed by atoms with E-state index in [1.54, 1.807) is 30.6 Å². The van der Waals surface area contributed by atoms with Gasteiger partial charge in [0.15, 0.2) is 5.82 Å². The fraction of sp³-hybridized carbons (Fsp3) is 0.200. The first-order valence-electron chi connectivity index (χ1n) is 10.8. The molecule has 4 heterocycles. The van der Waals surface area contributed by atoms with Crippen LogP contribution < -0.4 is 10.1 Å². The van der Waals surface area contributed by atoms with Crippen LogP contribution in [-0.2, 0) is 6.54 Å². The van der Waals surface area contributed by atoms with Crippen molar-refractivity contribution >= 4 is 11.7 Å². The molecule has 1 aliphatic rings. The smallest absolute Gasteiger partial charge is 0.260 e. The van der Waals surface area contributed by atoms with Gasteiger partial charge in [-0.2, -0.15) is 0 Å². The largest absolute Gasteiger partial charge is 0.493 e. The summed E-state index contributed by atoms with van der Waals surface area (Å²) in [7, 11) is 0. The van der Waals surface area contributed by atoms with Crippen molar-refractivity contribution in [3.63, 3.8) is 0 Å². The highest BCUT2D eigenvalue weighted by molar-refractivity contribution is 6.06. The minimum atomic E-state index is -0.462. The van der Waals surface area contributed by atoms with E-state index in [4.69, 9.17) is 4.74 Å². The molecule has 0 aliphatic carbocycles. The number of nitrogens with zero attached hydrogens (tertiary/aromatic N) is 4. The van der Waals surface area contributed by atoms with Crippen molar-refractivity contribution in [1.82, 2.24) is 19.5 Å². The van der Waals surface area contributed by atoms with E-state index in [0.29, 0.717) is 29.2 Å². The van der Waals surface area contributed by atoms with E-state index in [1.165, 1.54) is 12.1 Å². The zero-order valence-corrected chi connectivity index (χ0v) is 18.1. The van der Waals surface area contributed by atoms with Gasteiger partial charge in [0.2, 0.25) is 0 Å². The van der Waals surface area contributed by atoms with Crippen molar-refractivity contribution in [2.45, 2.75) is 26.3 Å². The summed E-state index contributed by atoms with van der Waals surface area (Å²) >= 11 is 0. The van der Waals surface area contributed by atoms with E-state index >= 15 is 4.39 Å². The summed E-state index contributed by atoms with van der Waals surface area (Å²) in [5.74, 6) is 0.428. The van der Waals surface area contributed by atoms with Crippen molar-refractivity contribution in [3.05, 3.63) is 78.1 Å². The molecule has 1 aromatic carbocycles. The Morgan fingerprint density at radius 1 is 1.06 bits per heavy atom. The van der Waals surface area contributed by atoms with Crippen molar-refractivity contribution < 1.29 is 13.9 Å². The molecular formula is C25H22FN5O2. The summed E-state index contributed by atoms with van der Waals surface area (Å²) in [4.78, 5) is 26.4. The van der Waals surface area contributed by atoms with Crippen molar-refractivity contribution in [2.24, 2.45) is 0 Å². The molecule has 5 rings (SSSR count). The number of hydrogen-bond acceptors (Lipinski definition) is 5. The number of anilines is 1. The van der Waals surface area contributed by atoms with Gasteiger partial charge >= 0.3 is 0 Å². The number of nitrogens with one attached hydrogen (secondary N) is 1. The second-order valence-corrected chi connectivity index (χ2v) is 7.88. The molecule has 3 aromatic heterocycles. The molecule has 1 N–H and O–H groups in total. The third-order valence-electron chi connectivity index (χ3n) is 5.51. The standard InChI is InChI=1S/C25H22FN5O2/c1-16-13-17(7-8-27-16)18-14-19-22(15-20(18)26)33-12-3-2-10-31-11-9-28-24(31)21-5-4-6-23(29-21)30-25(19)32/h4-9,11,13-15H,2-3,10,12H2,1H3,(H,29,30,32). The minimum Gasteiger partial charge on any atom is -0.493 e. The third kappa shape index (κ3) is 4.32. The molecule has 0 spiro atoms. The van der Waals surface area contributed by atoms with Crippen LogP contribution in [0.2, 0.25) is 0 Å². The molecule has 4 aromatic rings. The highest BCUT2D eigenvalue weighted by Crippen LogP contribution is 2.31. The fourth-order valence-corrected chi connectivity index (χ4v) is 3.89. The number of carbonyl (C=O) groups excluding carboxylic acids is 1. The molecule has 1 amide bonds. The summed E-state index contributed by atoms with van der Waals surface area (Å²) < 4.78 is 22.9. The van der Waals surface area contributed by atoms with Gasteiger partial charge in [-0.1, -0.05) is 6.07 Å². The summed E-state index contributed by atoms with van der Waals surface area (Å²) in [6.07, 6.45) is 6.83. The van der Waals surface area contributed by atoms with E-state index < -0.39 is 11.7 Å². The van der Waals surface area contributed by atoms with E-state index in [1.807, 2.05) is 29.8 Å². The Balaban J connectivity index is 1.57. The topological polar surface area (TPSA) is 81.9 Å². The predicted octanol–water partition coefficient (Wildman–Crippen LogP) is 4.88. The molecule has 1 aliphatic heterocycles. The van der Waals surface area contributed by atoms with Gasteiger partial charge in [-0.05, 0) is 55.7 Å². The number of hydrogen-bond donors (Lipinski definition) is 1. The van der Waals surface area contributed by atoms with Gasteiger partial charge in [0, 0.05) is 42.5 Å². The zero-order valence-electron chi connectivity index (χ0n) is 18.1. The lowest BCUT2D eigenvalue weighted by atomic mass is 10.0. The third-order valence-corrected chi connectivity index (χ3v) is 5.51. The van der Waals surface area contributed by atoms with Crippen LogP contribution in [0.5, 0.6) is 5.75 Å². The molecule has 0 saturated heterocycles. The quantitative estimate of drug-likeness (QED) is 0.453. The Bertz CT molecular complexity index is 1330. The summed E-state index contributed by atoms with van der Waals surface area (Å²) in [5.41, 5.74) is 2.61. The van der Waals surface area contributed by atoms with E-state index in [-0.39, 0.29) is 11.3 Å². The molecular weight excluding hydrogens is 421 g/mol. The van der Waals surface area contributed by atoms with Crippen molar-refractivity contribution in [3.8, 4) is 28.4 Å². The summed E-state index contributed by atoms with van der Waals surface area (Å²) in [6, 6.07) is 11.7. The van der Waals surface area contributed by atoms with Crippen molar-refractivity contribution in [1.29, 1.82) is 0 Å². The molecule has 0 atom stereocenters. The number of fused-ring (bicyclic) bond motifs is 5. The maximum absolute atomic E-state index is 15.1.